The Hall–Kier alpha value is -0.120. The molecule has 3 atom stereocenters. The summed E-state index contributed by atoms with van der Waals surface area (Å²) in [4.78, 5) is 2.74. The van der Waals surface area contributed by atoms with Crippen molar-refractivity contribution in [1.82, 2.24) is 10.2 Å². The number of nitrogens with zero attached hydrogens (tertiary/aromatic N) is 1. The molecule has 2 rings (SSSR count). The Morgan fingerprint density at radius 2 is 1.94 bits per heavy atom. The summed E-state index contributed by atoms with van der Waals surface area (Å²) in [6.07, 6.45) is 1.18. The van der Waals surface area contributed by atoms with Crippen molar-refractivity contribution in [1.29, 1.82) is 0 Å². The summed E-state index contributed by atoms with van der Waals surface area (Å²) >= 11 is 0. The fourth-order valence-corrected chi connectivity index (χ4v) is 3.34. The molecule has 0 saturated carbocycles. The van der Waals surface area contributed by atoms with Crippen molar-refractivity contribution in [3.8, 4) is 0 Å². The minimum atomic E-state index is 0.254. The Morgan fingerprint density at radius 3 is 2.44 bits per heavy atom. The molecule has 3 heteroatoms. The molecule has 18 heavy (non-hydrogen) atoms. The summed E-state index contributed by atoms with van der Waals surface area (Å²) in [5.41, 5.74) is 0.254. The van der Waals surface area contributed by atoms with Crippen molar-refractivity contribution in [3.63, 3.8) is 0 Å². The average Bonchev–Trinajstić information content (AvgIpc) is 2.76. The second-order valence-electron chi connectivity index (χ2n) is 7.02. The quantitative estimate of drug-likeness (QED) is 0.835. The van der Waals surface area contributed by atoms with Gasteiger partial charge in [-0.25, -0.2) is 0 Å². The van der Waals surface area contributed by atoms with Gasteiger partial charge >= 0.3 is 0 Å². The first kappa shape index (κ1) is 14.3. The highest BCUT2D eigenvalue weighted by atomic mass is 16.5. The van der Waals surface area contributed by atoms with Crippen LogP contribution in [0.25, 0.3) is 0 Å². The van der Waals surface area contributed by atoms with E-state index in [2.05, 4.69) is 44.8 Å². The highest BCUT2D eigenvalue weighted by molar-refractivity contribution is 4.99. The maximum atomic E-state index is 5.68. The second-order valence-corrected chi connectivity index (χ2v) is 7.02. The van der Waals surface area contributed by atoms with Crippen LogP contribution in [0.2, 0.25) is 0 Å². The molecule has 0 aromatic heterocycles. The first-order chi connectivity index (χ1) is 8.44. The van der Waals surface area contributed by atoms with Crippen LogP contribution in [-0.2, 0) is 4.74 Å². The predicted molar refractivity (Wildman–Crippen MR) is 75.8 cm³/mol. The van der Waals surface area contributed by atoms with Gasteiger partial charge in [0, 0.05) is 37.3 Å². The Balaban J connectivity index is 2.14. The summed E-state index contributed by atoms with van der Waals surface area (Å²) in [6, 6.07) is 1.27. The summed E-state index contributed by atoms with van der Waals surface area (Å²) in [5, 5.41) is 3.74. The van der Waals surface area contributed by atoms with Gasteiger partial charge in [-0.2, -0.15) is 0 Å². The highest BCUT2D eigenvalue weighted by Crippen LogP contribution is 2.32. The molecule has 2 aliphatic rings. The van der Waals surface area contributed by atoms with Gasteiger partial charge in [-0.1, -0.05) is 27.7 Å². The van der Waals surface area contributed by atoms with E-state index < -0.39 is 0 Å². The van der Waals surface area contributed by atoms with Crippen LogP contribution in [0, 0.1) is 11.8 Å². The van der Waals surface area contributed by atoms with E-state index in [0.717, 1.165) is 19.8 Å². The molecule has 0 amide bonds. The van der Waals surface area contributed by atoms with Gasteiger partial charge in [0.15, 0.2) is 0 Å². The third-order valence-corrected chi connectivity index (χ3v) is 4.85. The summed E-state index contributed by atoms with van der Waals surface area (Å²) in [7, 11) is 0. The number of piperazine rings is 1. The zero-order valence-corrected chi connectivity index (χ0v) is 12.7. The van der Waals surface area contributed by atoms with Gasteiger partial charge in [0.25, 0.3) is 0 Å². The molecular formula is C15H30N2O. The van der Waals surface area contributed by atoms with Gasteiger partial charge in [-0.15, -0.1) is 0 Å². The first-order valence-electron chi connectivity index (χ1n) is 7.52. The van der Waals surface area contributed by atoms with Crippen molar-refractivity contribution < 1.29 is 4.74 Å². The third-order valence-electron chi connectivity index (χ3n) is 4.85. The van der Waals surface area contributed by atoms with Crippen LogP contribution in [0.4, 0.5) is 0 Å². The molecule has 3 nitrogen and oxygen atoms in total. The summed E-state index contributed by atoms with van der Waals surface area (Å²) in [6.45, 7) is 15.8. The molecule has 2 heterocycles. The van der Waals surface area contributed by atoms with E-state index in [9.17, 15) is 0 Å². The van der Waals surface area contributed by atoms with E-state index in [4.69, 9.17) is 4.74 Å². The smallest absolute Gasteiger partial charge is 0.0648 e. The second kappa shape index (κ2) is 5.48. The lowest BCUT2D eigenvalue weighted by Gasteiger charge is -2.50. The number of hydrogen-bond acceptors (Lipinski definition) is 3. The maximum Gasteiger partial charge on any atom is 0.0648 e. The molecule has 0 radical (unpaired) electrons. The van der Waals surface area contributed by atoms with E-state index >= 15 is 0 Å². The number of hydrogen-bond donors (Lipinski definition) is 1. The van der Waals surface area contributed by atoms with E-state index in [1.165, 1.54) is 13.0 Å². The van der Waals surface area contributed by atoms with Crippen molar-refractivity contribution >= 4 is 0 Å². The third kappa shape index (κ3) is 2.73. The van der Waals surface area contributed by atoms with Crippen LogP contribution in [0.5, 0.6) is 0 Å². The molecule has 2 saturated heterocycles. The van der Waals surface area contributed by atoms with Crippen LogP contribution >= 0.6 is 0 Å². The van der Waals surface area contributed by atoms with Crippen molar-refractivity contribution in [2.24, 2.45) is 11.8 Å². The van der Waals surface area contributed by atoms with E-state index in [1.807, 2.05) is 0 Å². The number of ether oxygens (including phenoxy) is 1. The summed E-state index contributed by atoms with van der Waals surface area (Å²) < 4.78 is 5.68. The van der Waals surface area contributed by atoms with Crippen LogP contribution in [0.3, 0.4) is 0 Å². The fraction of sp³-hybridized carbons (Fsp3) is 1.00. The standard InChI is InChI=1S/C15H30N2O/c1-11(2)13-9-17(14(8-16-13)12(3)4)15(5)6-7-18-10-15/h11-14,16H,6-10H2,1-5H3. The lowest BCUT2D eigenvalue weighted by atomic mass is 9.87. The van der Waals surface area contributed by atoms with Crippen LogP contribution < -0.4 is 5.32 Å². The summed E-state index contributed by atoms with van der Waals surface area (Å²) in [5.74, 6) is 1.40. The maximum absolute atomic E-state index is 5.68. The van der Waals surface area contributed by atoms with Gasteiger partial charge in [0.1, 0.15) is 0 Å². The lowest BCUT2D eigenvalue weighted by Crippen LogP contribution is -2.66. The first-order valence-corrected chi connectivity index (χ1v) is 7.52. The molecule has 0 aromatic rings. The topological polar surface area (TPSA) is 24.5 Å². The molecule has 0 bridgehead atoms. The molecule has 0 aliphatic carbocycles. The van der Waals surface area contributed by atoms with Gasteiger partial charge in [0.2, 0.25) is 0 Å². The SMILES string of the molecule is CC(C)C1CN(C2(C)CCOC2)C(C(C)C)CN1. The molecule has 0 spiro atoms. The van der Waals surface area contributed by atoms with Crippen LogP contribution in [-0.4, -0.2) is 48.8 Å². The van der Waals surface area contributed by atoms with Gasteiger partial charge in [-0.3, -0.25) is 4.90 Å². The Labute approximate surface area is 112 Å². The Bertz CT molecular complexity index is 272. The van der Waals surface area contributed by atoms with Gasteiger partial charge in [0.05, 0.1) is 6.61 Å². The van der Waals surface area contributed by atoms with Gasteiger partial charge in [-0.05, 0) is 25.2 Å². The largest absolute Gasteiger partial charge is 0.379 e. The average molecular weight is 254 g/mol. The zero-order chi connectivity index (χ0) is 13.3. The monoisotopic (exact) mass is 254 g/mol. The zero-order valence-electron chi connectivity index (χ0n) is 12.7. The predicted octanol–water partition coefficient (Wildman–Crippen LogP) is 2.12. The fourth-order valence-electron chi connectivity index (χ4n) is 3.34. The normalized spacial score (nSPS) is 38.8. The molecule has 2 fully saturated rings. The van der Waals surface area contributed by atoms with E-state index in [-0.39, 0.29) is 5.54 Å². The molecule has 2 aliphatic heterocycles. The molecular weight excluding hydrogens is 224 g/mol. The highest BCUT2D eigenvalue weighted by Gasteiger charge is 2.43. The van der Waals surface area contributed by atoms with Crippen molar-refractivity contribution in [3.05, 3.63) is 0 Å². The van der Waals surface area contributed by atoms with E-state index in [1.54, 1.807) is 0 Å². The Morgan fingerprint density at radius 1 is 1.22 bits per heavy atom. The van der Waals surface area contributed by atoms with Gasteiger partial charge < -0.3 is 10.1 Å². The van der Waals surface area contributed by atoms with Crippen LogP contribution in [0.15, 0.2) is 0 Å². The van der Waals surface area contributed by atoms with Crippen molar-refractivity contribution in [2.45, 2.75) is 58.7 Å². The van der Waals surface area contributed by atoms with Crippen molar-refractivity contribution in [2.75, 3.05) is 26.3 Å². The number of nitrogens with one attached hydrogen (secondary N) is 1. The Kier molecular flexibility index (Phi) is 4.35. The molecule has 106 valence electrons. The van der Waals surface area contributed by atoms with Crippen LogP contribution in [0.1, 0.15) is 41.0 Å². The minimum absolute atomic E-state index is 0.254. The van der Waals surface area contributed by atoms with E-state index in [0.29, 0.717) is 23.9 Å². The molecule has 1 N–H and O–H groups in total. The number of rotatable bonds is 3. The molecule has 3 unspecified atom stereocenters. The lowest BCUT2D eigenvalue weighted by molar-refractivity contribution is -0.0113. The minimum Gasteiger partial charge on any atom is -0.379 e. The molecule has 0 aromatic carbocycles.